The largest absolute Gasteiger partial charge is 0.423 e. The molecule has 0 aromatic carbocycles. The summed E-state index contributed by atoms with van der Waals surface area (Å²) in [6, 6.07) is 0. The Bertz CT molecular complexity index is 1060. The molecule has 0 radical (unpaired) electrons. The lowest BCUT2D eigenvalue weighted by Crippen LogP contribution is -2.49. The molecule has 2 atom stereocenters. The molecule has 0 saturated carbocycles. The van der Waals surface area contributed by atoms with Crippen molar-refractivity contribution in [1.29, 1.82) is 0 Å². The van der Waals surface area contributed by atoms with Crippen LogP contribution in [0.1, 0.15) is 24.8 Å². The SMILES string of the molecule is O=C(C[C@@H]1CC[C@H](CNc2cn[nH]c(=O)c2C(F)(F)F)O1)N1CCN(c2ncc(Cl)cn2)CC1. The molecule has 0 aliphatic carbocycles. The van der Waals surface area contributed by atoms with Crippen LogP contribution in [-0.4, -0.2) is 75.9 Å². The molecule has 14 heteroatoms. The summed E-state index contributed by atoms with van der Waals surface area (Å²) in [4.78, 5) is 36.4. The van der Waals surface area contributed by atoms with Crippen LogP contribution in [0.5, 0.6) is 0 Å². The van der Waals surface area contributed by atoms with Gasteiger partial charge in [0, 0.05) is 32.7 Å². The fourth-order valence-electron chi connectivity index (χ4n) is 4.07. The van der Waals surface area contributed by atoms with Crippen LogP contribution in [0, 0.1) is 0 Å². The molecule has 1 amide bonds. The molecule has 2 saturated heterocycles. The molecule has 2 aromatic heterocycles. The van der Waals surface area contributed by atoms with Crippen molar-refractivity contribution in [2.24, 2.45) is 0 Å². The Kier molecular flexibility index (Phi) is 7.22. The monoisotopic (exact) mass is 501 g/mol. The smallest absolute Gasteiger partial charge is 0.380 e. The summed E-state index contributed by atoms with van der Waals surface area (Å²) in [5, 5.41) is 8.30. The van der Waals surface area contributed by atoms with E-state index in [4.69, 9.17) is 16.3 Å². The third-order valence-electron chi connectivity index (χ3n) is 5.78. The molecule has 2 fully saturated rings. The predicted molar refractivity (Wildman–Crippen MR) is 117 cm³/mol. The van der Waals surface area contributed by atoms with E-state index >= 15 is 0 Å². The number of H-pyrrole nitrogens is 1. The second-order valence-electron chi connectivity index (χ2n) is 8.10. The number of alkyl halides is 3. The Morgan fingerprint density at radius 1 is 1.15 bits per heavy atom. The Balaban J connectivity index is 1.23. The van der Waals surface area contributed by atoms with Gasteiger partial charge in [0.15, 0.2) is 0 Å². The van der Waals surface area contributed by atoms with Gasteiger partial charge in [-0.2, -0.15) is 18.3 Å². The number of anilines is 2. The van der Waals surface area contributed by atoms with Gasteiger partial charge in [-0.15, -0.1) is 0 Å². The van der Waals surface area contributed by atoms with E-state index in [0.29, 0.717) is 50.0 Å². The lowest BCUT2D eigenvalue weighted by molar-refractivity contribution is -0.138. The summed E-state index contributed by atoms with van der Waals surface area (Å²) in [5.74, 6) is 0.531. The highest BCUT2D eigenvalue weighted by Crippen LogP contribution is 2.32. The normalized spacial score (nSPS) is 21.1. The quantitative estimate of drug-likeness (QED) is 0.617. The van der Waals surface area contributed by atoms with Crippen LogP contribution in [-0.2, 0) is 15.7 Å². The van der Waals surface area contributed by atoms with Gasteiger partial charge in [0.25, 0.3) is 5.56 Å². The van der Waals surface area contributed by atoms with Crippen molar-refractivity contribution >= 4 is 29.1 Å². The number of rotatable bonds is 6. The van der Waals surface area contributed by atoms with Crippen LogP contribution in [0.2, 0.25) is 5.02 Å². The molecule has 0 bridgehead atoms. The molecule has 2 aliphatic heterocycles. The fraction of sp³-hybridized carbons (Fsp3) is 0.550. The van der Waals surface area contributed by atoms with E-state index in [2.05, 4.69) is 20.4 Å². The Hall–Kier alpha value is -2.93. The summed E-state index contributed by atoms with van der Waals surface area (Å²) in [5.41, 5.74) is -3.03. The summed E-state index contributed by atoms with van der Waals surface area (Å²) >= 11 is 5.81. The van der Waals surface area contributed by atoms with Gasteiger partial charge in [0.05, 0.1) is 47.9 Å². The molecular formula is C20H23ClF3N7O3. The minimum atomic E-state index is -4.81. The van der Waals surface area contributed by atoms with E-state index in [0.717, 1.165) is 6.20 Å². The lowest BCUT2D eigenvalue weighted by Gasteiger charge is -2.35. The number of ether oxygens (including phenoxy) is 1. The highest BCUT2D eigenvalue weighted by atomic mass is 35.5. The molecule has 4 rings (SSSR count). The van der Waals surface area contributed by atoms with Crippen LogP contribution in [0.25, 0.3) is 0 Å². The number of amides is 1. The number of nitrogens with zero attached hydrogens (tertiary/aromatic N) is 5. The molecule has 2 N–H and O–H groups in total. The zero-order chi connectivity index (χ0) is 24.3. The number of halogens is 4. The van der Waals surface area contributed by atoms with E-state index in [1.54, 1.807) is 10.00 Å². The van der Waals surface area contributed by atoms with E-state index < -0.39 is 23.0 Å². The van der Waals surface area contributed by atoms with Crippen LogP contribution in [0.3, 0.4) is 0 Å². The average molecular weight is 502 g/mol. The number of piperazine rings is 1. The molecule has 4 heterocycles. The highest BCUT2D eigenvalue weighted by molar-refractivity contribution is 6.30. The van der Waals surface area contributed by atoms with E-state index in [1.807, 2.05) is 4.90 Å². The second-order valence-corrected chi connectivity index (χ2v) is 8.53. The van der Waals surface area contributed by atoms with E-state index in [1.165, 1.54) is 12.4 Å². The number of carbonyl (C=O) groups excluding carboxylic acids is 1. The molecular weight excluding hydrogens is 479 g/mol. The summed E-state index contributed by atoms with van der Waals surface area (Å²) in [7, 11) is 0. The van der Waals surface area contributed by atoms with Gasteiger partial charge in [0.2, 0.25) is 11.9 Å². The topological polar surface area (TPSA) is 116 Å². The van der Waals surface area contributed by atoms with Gasteiger partial charge in [-0.1, -0.05) is 11.6 Å². The Morgan fingerprint density at radius 2 is 1.82 bits per heavy atom. The highest BCUT2D eigenvalue weighted by Gasteiger charge is 2.38. The Morgan fingerprint density at radius 3 is 2.50 bits per heavy atom. The van der Waals surface area contributed by atoms with Crippen molar-refractivity contribution in [3.8, 4) is 0 Å². The van der Waals surface area contributed by atoms with Gasteiger partial charge in [-0.05, 0) is 12.8 Å². The van der Waals surface area contributed by atoms with Gasteiger partial charge in [-0.3, -0.25) is 9.59 Å². The molecule has 34 heavy (non-hydrogen) atoms. The molecule has 10 nitrogen and oxygen atoms in total. The second kappa shape index (κ2) is 10.1. The maximum atomic E-state index is 13.2. The van der Waals surface area contributed by atoms with Gasteiger partial charge >= 0.3 is 6.18 Å². The molecule has 0 spiro atoms. The number of aromatic nitrogens is 4. The first-order valence-corrected chi connectivity index (χ1v) is 11.1. The fourth-order valence-corrected chi connectivity index (χ4v) is 4.16. The molecule has 184 valence electrons. The van der Waals surface area contributed by atoms with E-state index in [-0.39, 0.29) is 31.1 Å². The third kappa shape index (κ3) is 5.76. The first-order chi connectivity index (χ1) is 16.2. The van der Waals surface area contributed by atoms with Crippen molar-refractivity contribution in [3.63, 3.8) is 0 Å². The Labute approximate surface area is 197 Å². The summed E-state index contributed by atoms with van der Waals surface area (Å²) < 4.78 is 45.3. The summed E-state index contributed by atoms with van der Waals surface area (Å²) in [6.45, 7) is 2.31. The number of hydrogen-bond donors (Lipinski definition) is 2. The number of hydrogen-bond acceptors (Lipinski definition) is 8. The lowest BCUT2D eigenvalue weighted by atomic mass is 10.1. The first-order valence-electron chi connectivity index (χ1n) is 10.7. The van der Waals surface area contributed by atoms with Crippen molar-refractivity contribution in [2.45, 2.75) is 37.6 Å². The minimum absolute atomic E-state index is 0.0339. The minimum Gasteiger partial charge on any atom is -0.380 e. The predicted octanol–water partition coefficient (Wildman–Crippen LogP) is 1.93. The summed E-state index contributed by atoms with van der Waals surface area (Å²) in [6.07, 6.45) is -0.104. The maximum Gasteiger partial charge on any atom is 0.423 e. The third-order valence-corrected chi connectivity index (χ3v) is 5.97. The van der Waals surface area contributed by atoms with Crippen molar-refractivity contribution in [2.75, 3.05) is 42.9 Å². The van der Waals surface area contributed by atoms with Crippen molar-refractivity contribution < 1.29 is 22.7 Å². The number of aromatic amines is 1. The number of carbonyl (C=O) groups is 1. The molecule has 2 aliphatic rings. The number of nitrogens with one attached hydrogen (secondary N) is 2. The average Bonchev–Trinajstić information content (AvgIpc) is 3.24. The van der Waals surface area contributed by atoms with Crippen molar-refractivity contribution in [3.05, 3.63) is 39.5 Å². The van der Waals surface area contributed by atoms with Crippen LogP contribution in [0.15, 0.2) is 23.4 Å². The standard InChI is InChI=1S/C20H23ClF3N7O3/c21-12-8-26-19(27-9-12)31-5-3-30(4-6-31)16(32)7-13-1-2-14(34-13)10-25-15-11-28-29-18(33)17(15)20(22,23)24/h8-9,11,13-14H,1-7,10H2,(H2,25,29,33)/t13-,14+/m0/s1. The molecule has 0 unspecified atom stereocenters. The van der Waals surface area contributed by atoms with Crippen LogP contribution >= 0.6 is 11.6 Å². The van der Waals surface area contributed by atoms with Gasteiger partial charge in [0.1, 0.15) is 5.56 Å². The van der Waals surface area contributed by atoms with Crippen LogP contribution in [0.4, 0.5) is 24.8 Å². The zero-order valence-electron chi connectivity index (χ0n) is 18.0. The van der Waals surface area contributed by atoms with E-state index in [9.17, 15) is 22.8 Å². The van der Waals surface area contributed by atoms with Crippen LogP contribution < -0.4 is 15.8 Å². The van der Waals surface area contributed by atoms with Crippen molar-refractivity contribution in [1.82, 2.24) is 25.1 Å². The zero-order valence-corrected chi connectivity index (χ0v) is 18.8. The molecule has 2 aromatic rings. The van der Waals surface area contributed by atoms with Gasteiger partial charge in [-0.25, -0.2) is 15.1 Å². The maximum absolute atomic E-state index is 13.2. The first kappa shape index (κ1) is 24.2. The van der Waals surface area contributed by atoms with Gasteiger partial charge < -0.3 is 19.9 Å².